The fourth-order valence-electron chi connectivity index (χ4n) is 3.90. The van der Waals surface area contributed by atoms with Gasteiger partial charge in [0.25, 0.3) is 0 Å². The molecule has 5 nitrogen and oxygen atoms in total. The lowest BCUT2D eigenvalue weighted by Crippen LogP contribution is -2.46. The molecule has 0 spiro atoms. The first kappa shape index (κ1) is 16.7. The molecule has 2 aliphatic heterocycles. The zero-order valence-corrected chi connectivity index (χ0v) is 15.1. The van der Waals surface area contributed by atoms with Gasteiger partial charge in [-0.15, -0.1) is 0 Å². The van der Waals surface area contributed by atoms with Gasteiger partial charge in [-0.3, -0.25) is 9.69 Å². The van der Waals surface area contributed by atoms with E-state index in [-0.39, 0.29) is 11.9 Å². The maximum atomic E-state index is 12.9. The van der Waals surface area contributed by atoms with Crippen LogP contribution in [-0.2, 0) is 4.79 Å². The molecular formula is C19H24N4OS. The SMILES string of the molecule is O=C(Nc1cccc(-n2cccn2)c1)C1CCCN1C1CCSCC1. The second kappa shape index (κ2) is 7.62. The normalized spacial score (nSPS) is 22.2. The van der Waals surface area contributed by atoms with Crippen molar-refractivity contribution in [2.24, 2.45) is 0 Å². The molecule has 2 aromatic rings. The Bertz CT molecular complexity index is 712. The van der Waals surface area contributed by atoms with Crippen LogP contribution in [-0.4, -0.2) is 50.7 Å². The number of hydrogen-bond donors (Lipinski definition) is 1. The molecule has 2 saturated heterocycles. The summed E-state index contributed by atoms with van der Waals surface area (Å²) in [6.45, 7) is 1.06. The lowest BCUT2D eigenvalue weighted by Gasteiger charge is -2.34. The topological polar surface area (TPSA) is 50.2 Å². The smallest absolute Gasteiger partial charge is 0.241 e. The predicted octanol–water partition coefficient (Wildman–Crippen LogP) is 3.17. The van der Waals surface area contributed by atoms with Gasteiger partial charge in [0.15, 0.2) is 0 Å². The van der Waals surface area contributed by atoms with Gasteiger partial charge in [-0.05, 0) is 68.0 Å². The number of nitrogens with zero attached hydrogens (tertiary/aromatic N) is 3. The maximum Gasteiger partial charge on any atom is 0.241 e. The summed E-state index contributed by atoms with van der Waals surface area (Å²) in [6, 6.07) is 10.4. The van der Waals surface area contributed by atoms with Gasteiger partial charge in [-0.1, -0.05) is 6.07 Å². The van der Waals surface area contributed by atoms with E-state index in [0.29, 0.717) is 6.04 Å². The Morgan fingerprint density at radius 3 is 2.88 bits per heavy atom. The molecule has 1 unspecified atom stereocenters. The van der Waals surface area contributed by atoms with Crippen LogP contribution in [0.2, 0.25) is 0 Å². The van der Waals surface area contributed by atoms with E-state index in [1.165, 1.54) is 24.3 Å². The summed E-state index contributed by atoms with van der Waals surface area (Å²) in [4.78, 5) is 15.3. The van der Waals surface area contributed by atoms with E-state index in [1.807, 2.05) is 48.3 Å². The van der Waals surface area contributed by atoms with Crippen LogP contribution >= 0.6 is 11.8 Å². The first-order valence-electron chi connectivity index (χ1n) is 9.06. The van der Waals surface area contributed by atoms with E-state index in [1.54, 1.807) is 10.9 Å². The van der Waals surface area contributed by atoms with Crippen LogP contribution in [0.15, 0.2) is 42.7 Å². The average Bonchev–Trinajstić information content (AvgIpc) is 3.34. The molecule has 132 valence electrons. The van der Waals surface area contributed by atoms with E-state index in [4.69, 9.17) is 0 Å². The summed E-state index contributed by atoms with van der Waals surface area (Å²) < 4.78 is 1.80. The van der Waals surface area contributed by atoms with E-state index >= 15 is 0 Å². The number of likely N-dealkylation sites (tertiary alicyclic amines) is 1. The van der Waals surface area contributed by atoms with Crippen molar-refractivity contribution >= 4 is 23.4 Å². The number of thioether (sulfide) groups is 1. The first-order valence-corrected chi connectivity index (χ1v) is 10.2. The number of carbonyl (C=O) groups is 1. The number of anilines is 1. The summed E-state index contributed by atoms with van der Waals surface area (Å²) in [7, 11) is 0. The van der Waals surface area contributed by atoms with Crippen molar-refractivity contribution in [1.29, 1.82) is 0 Å². The molecule has 0 bridgehead atoms. The molecule has 1 aromatic carbocycles. The van der Waals surface area contributed by atoms with Gasteiger partial charge in [0.1, 0.15) is 0 Å². The minimum atomic E-state index is 0.0152. The number of hydrogen-bond acceptors (Lipinski definition) is 4. The molecule has 0 saturated carbocycles. The van der Waals surface area contributed by atoms with Gasteiger partial charge in [0.2, 0.25) is 5.91 Å². The van der Waals surface area contributed by atoms with Crippen LogP contribution in [0.25, 0.3) is 5.69 Å². The minimum Gasteiger partial charge on any atom is -0.325 e. The second-order valence-electron chi connectivity index (χ2n) is 6.73. The van der Waals surface area contributed by atoms with Gasteiger partial charge in [-0.25, -0.2) is 4.68 Å². The molecule has 4 rings (SSSR count). The average molecular weight is 356 g/mol. The number of benzene rings is 1. The third-order valence-electron chi connectivity index (χ3n) is 5.14. The van der Waals surface area contributed by atoms with Crippen molar-refractivity contribution in [3.8, 4) is 5.69 Å². The molecule has 1 atom stereocenters. The summed E-state index contributed by atoms with van der Waals surface area (Å²) in [5.74, 6) is 2.58. The fourth-order valence-corrected chi connectivity index (χ4v) is 4.98. The van der Waals surface area contributed by atoms with Gasteiger partial charge in [-0.2, -0.15) is 16.9 Å². The lowest BCUT2D eigenvalue weighted by molar-refractivity contribution is -0.121. The molecule has 1 amide bonds. The van der Waals surface area contributed by atoms with Crippen molar-refractivity contribution in [2.75, 3.05) is 23.4 Å². The van der Waals surface area contributed by atoms with Gasteiger partial charge < -0.3 is 5.32 Å². The highest BCUT2D eigenvalue weighted by Crippen LogP contribution is 2.29. The Morgan fingerprint density at radius 2 is 2.08 bits per heavy atom. The number of amides is 1. The molecule has 0 radical (unpaired) electrons. The second-order valence-corrected chi connectivity index (χ2v) is 7.95. The van der Waals surface area contributed by atoms with Gasteiger partial charge in [0, 0.05) is 24.1 Å². The minimum absolute atomic E-state index is 0.0152. The Hall–Kier alpha value is -1.79. The highest BCUT2D eigenvalue weighted by Gasteiger charge is 2.35. The van der Waals surface area contributed by atoms with Crippen LogP contribution in [0.1, 0.15) is 25.7 Å². The predicted molar refractivity (Wildman–Crippen MR) is 102 cm³/mol. The van der Waals surface area contributed by atoms with Gasteiger partial charge in [0.05, 0.1) is 11.7 Å². The molecule has 3 heterocycles. The molecule has 2 aliphatic rings. The van der Waals surface area contributed by atoms with E-state index in [2.05, 4.69) is 15.3 Å². The molecule has 2 fully saturated rings. The molecule has 1 N–H and O–H groups in total. The van der Waals surface area contributed by atoms with Crippen LogP contribution in [0.3, 0.4) is 0 Å². The molecule has 25 heavy (non-hydrogen) atoms. The highest BCUT2D eigenvalue weighted by atomic mass is 32.2. The summed E-state index contributed by atoms with van der Waals surface area (Å²) >= 11 is 2.03. The number of nitrogens with one attached hydrogen (secondary N) is 1. The van der Waals surface area contributed by atoms with E-state index in [9.17, 15) is 4.79 Å². The summed E-state index contributed by atoms with van der Waals surface area (Å²) in [5.41, 5.74) is 1.79. The Balaban J connectivity index is 1.45. The zero-order valence-electron chi connectivity index (χ0n) is 14.3. The van der Waals surface area contributed by atoms with Crippen molar-refractivity contribution in [1.82, 2.24) is 14.7 Å². The van der Waals surface area contributed by atoms with E-state index < -0.39 is 0 Å². The van der Waals surface area contributed by atoms with Crippen LogP contribution < -0.4 is 5.32 Å². The van der Waals surface area contributed by atoms with Crippen LogP contribution in [0.4, 0.5) is 5.69 Å². The van der Waals surface area contributed by atoms with E-state index in [0.717, 1.165) is 30.8 Å². The molecule has 6 heteroatoms. The lowest BCUT2D eigenvalue weighted by atomic mass is 10.1. The largest absolute Gasteiger partial charge is 0.325 e. The quantitative estimate of drug-likeness (QED) is 0.914. The monoisotopic (exact) mass is 356 g/mol. The third-order valence-corrected chi connectivity index (χ3v) is 6.19. The Kier molecular flexibility index (Phi) is 5.08. The Labute approximate surface area is 152 Å². The maximum absolute atomic E-state index is 12.9. The van der Waals surface area contributed by atoms with Crippen molar-refractivity contribution < 1.29 is 4.79 Å². The van der Waals surface area contributed by atoms with Crippen LogP contribution in [0, 0.1) is 0 Å². The van der Waals surface area contributed by atoms with Crippen molar-refractivity contribution in [2.45, 2.75) is 37.8 Å². The zero-order chi connectivity index (χ0) is 17.1. The fraction of sp³-hybridized carbons (Fsp3) is 0.474. The third kappa shape index (κ3) is 3.75. The van der Waals surface area contributed by atoms with Crippen LogP contribution in [0.5, 0.6) is 0 Å². The first-order chi connectivity index (χ1) is 12.3. The summed E-state index contributed by atoms with van der Waals surface area (Å²) in [6.07, 6.45) is 8.17. The molecule has 0 aliphatic carbocycles. The number of aromatic nitrogens is 2. The molecule has 1 aromatic heterocycles. The highest BCUT2D eigenvalue weighted by molar-refractivity contribution is 7.99. The molecular weight excluding hydrogens is 332 g/mol. The van der Waals surface area contributed by atoms with Gasteiger partial charge >= 0.3 is 0 Å². The van der Waals surface area contributed by atoms with Crippen molar-refractivity contribution in [3.63, 3.8) is 0 Å². The summed E-state index contributed by atoms with van der Waals surface area (Å²) in [5, 5.41) is 7.38. The standard InChI is InChI=1S/C19H24N4OS/c24-19(18-6-2-10-22(18)16-7-12-25-13-8-16)21-15-4-1-5-17(14-15)23-11-3-9-20-23/h1,3-5,9,11,14,16,18H,2,6-8,10,12-13H2,(H,21,24). The van der Waals surface area contributed by atoms with Crippen molar-refractivity contribution in [3.05, 3.63) is 42.7 Å². The Morgan fingerprint density at radius 1 is 1.20 bits per heavy atom. The number of carbonyl (C=O) groups excluding carboxylic acids is 1. The number of rotatable bonds is 4.